The minimum atomic E-state index is -3.58. The lowest BCUT2D eigenvalue weighted by Gasteiger charge is -2.19. The molecular weight excluding hydrogens is 350 g/mol. The summed E-state index contributed by atoms with van der Waals surface area (Å²) in [6, 6.07) is 13.2. The van der Waals surface area contributed by atoms with Gasteiger partial charge in [-0.3, -0.25) is 0 Å². The molecule has 1 saturated heterocycles. The van der Waals surface area contributed by atoms with E-state index >= 15 is 0 Å². The molecule has 0 N–H and O–H groups in total. The standard InChI is InChI=1S/C20H25NO4S/c1-4-15-5-10-19(25-3)20(13-15)26(22,23)21-12-11-17(14-21)16-6-8-18(24-2)9-7-16/h5-10,13,17H,4,11-12,14H2,1-3H3. The van der Waals surface area contributed by atoms with Crippen molar-refractivity contribution in [1.82, 2.24) is 4.31 Å². The van der Waals surface area contributed by atoms with Crippen LogP contribution in [0.5, 0.6) is 11.5 Å². The quantitative estimate of drug-likeness (QED) is 0.776. The monoisotopic (exact) mass is 375 g/mol. The van der Waals surface area contributed by atoms with E-state index < -0.39 is 10.0 Å². The van der Waals surface area contributed by atoms with Crippen LogP contribution in [-0.4, -0.2) is 40.0 Å². The average Bonchev–Trinajstić information content (AvgIpc) is 3.18. The summed E-state index contributed by atoms with van der Waals surface area (Å²) in [7, 11) is -0.444. The Morgan fingerprint density at radius 3 is 2.42 bits per heavy atom. The summed E-state index contributed by atoms with van der Waals surface area (Å²) in [4.78, 5) is 0.259. The smallest absolute Gasteiger partial charge is 0.246 e. The van der Waals surface area contributed by atoms with Gasteiger partial charge in [-0.2, -0.15) is 4.31 Å². The van der Waals surface area contributed by atoms with Crippen LogP contribution in [0.4, 0.5) is 0 Å². The van der Waals surface area contributed by atoms with Gasteiger partial charge in [-0.25, -0.2) is 8.42 Å². The highest BCUT2D eigenvalue weighted by Crippen LogP contribution is 2.35. The summed E-state index contributed by atoms with van der Waals surface area (Å²) >= 11 is 0. The van der Waals surface area contributed by atoms with Crippen molar-refractivity contribution in [2.24, 2.45) is 0 Å². The second-order valence-electron chi connectivity index (χ2n) is 6.46. The second-order valence-corrected chi connectivity index (χ2v) is 8.37. The summed E-state index contributed by atoms with van der Waals surface area (Å²) in [5.74, 6) is 1.39. The number of rotatable bonds is 6. The maximum absolute atomic E-state index is 13.2. The molecule has 0 saturated carbocycles. The van der Waals surface area contributed by atoms with E-state index in [0.717, 1.165) is 29.7 Å². The van der Waals surface area contributed by atoms with Gasteiger partial charge < -0.3 is 9.47 Å². The molecule has 5 nitrogen and oxygen atoms in total. The lowest BCUT2D eigenvalue weighted by atomic mass is 9.99. The molecule has 0 radical (unpaired) electrons. The van der Waals surface area contributed by atoms with Gasteiger partial charge in [0, 0.05) is 13.1 Å². The fourth-order valence-electron chi connectivity index (χ4n) is 3.38. The predicted octanol–water partition coefficient (Wildman–Crippen LogP) is 3.44. The minimum Gasteiger partial charge on any atom is -0.497 e. The largest absolute Gasteiger partial charge is 0.497 e. The maximum atomic E-state index is 13.2. The van der Waals surface area contributed by atoms with E-state index in [-0.39, 0.29) is 10.8 Å². The first-order chi connectivity index (χ1) is 12.5. The Bertz CT molecular complexity index is 862. The molecular formula is C20H25NO4S. The summed E-state index contributed by atoms with van der Waals surface area (Å²) in [6.07, 6.45) is 1.59. The molecule has 0 aromatic heterocycles. The topological polar surface area (TPSA) is 55.8 Å². The molecule has 1 aliphatic heterocycles. The minimum absolute atomic E-state index is 0.191. The van der Waals surface area contributed by atoms with Crippen molar-refractivity contribution in [2.45, 2.75) is 30.6 Å². The van der Waals surface area contributed by atoms with E-state index in [9.17, 15) is 8.42 Å². The molecule has 0 amide bonds. The van der Waals surface area contributed by atoms with Crippen molar-refractivity contribution in [3.05, 3.63) is 53.6 Å². The van der Waals surface area contributed by atoms with E-state index in [2.05, 4.69) is 0 Å². The first-order valence-electron chi connectivity index (χ1n) is 8.80. The molecule has 2 aromatic rings. The Labute approximate surface area is 155 Å². The number of hydrogen-bond donors (Lipinski definition) is 0. The third-order valence-electron chi connectivity index (χ3n) is 4.99. The fraction of sp³-hybridized carbons (Fsp3) is 0.400. The number of methoxy groups -OCH3 is 2. The van der Waals surface area contributed by atoms with Crippen LogP contribution in [0.25, 0.3) is 0 Å². The van der Waals surface area contributed by atoms with Crippen molar-refractivity contribution in [2.75, 3.05) is 27.3 Å². The van der Waals surface area contributed by atoms with Gasteiger partial charge in [-0.1, -0.05) is 25.1 Å². The predicted molar refractivity (Wildman–Crippen MR) is 101 cm³/mol. The zero-order valence-corrected chi connectivity index (χ0v) is 16.3. The average molecular weight is 375 g/mol. The van der Waals surface area contributed by atoms with Gasteiger partial charge in [0.1, 0.15) is 16.4 Å². The fourth-order valence-corrected chi connectivity index (χ4v) is 5.08. The summed E-state index contributed by atoms with van der Waals surface area (Å²) in [5, 5.41) is 0. The van der Waals surface area contributed by atoms with E-state index in [4.69, 9.17) is 9.47 Å². The first kappa shape index (κ1) is 18.7. The molecule has 1 aliphatic rings. The molecule has 1 unspecified atom stereocenters. The Balaban J connectivity index is 1.85. The molecule has 0 bridgehead atoms. The van der Waals surface area contributed by atoms with E-state index in [1.54, 1.807) is 23.5 Å². The SMILES string of the molecule is CCc1ccc(OC)c(S(=O)(=O)N2CCC(c3ccc(OC)cc3)C2)c1. The zero-order chi connectivity index (χ0) is 18.7. The number of benzene rings is 2. The molecule has 0 aliphatic carbocycles. The molecule has 2 aromatic carbocycles. The summed E-state index contributed by atoms with van der Waals surface area (Å²) in [5.41, 5.74) is 2.12. The van der Waals surface area contributed by atoms with Crippen molar-refractivity contribution in [3.63, 3.8) is 0 Å². The molecule has 0 spiro atoms. The van der Waals surface area contributed by atoms with Crippen LogP contribution in [-0.2, 0) is 16.4 Å². The van der Waals surface area contributed by atoms with Crippen LogP contribution < -0.4 is 9.47 Å². The number of nitrogens with zero attached hydrogens (tertiary/aromatic N) is 1. The molecule has 140 valence electrons. The molecule has 6 heteroatoms. The highest BCUT2D eigenvalue weighted by Gasteiger charge is 2.35. The van der Waals surface area contributed by atoms with Crippen molar-refractivity contribution in [1.29, 1.82) is 0 Å². The first-order valence-corrected chi connectivity index (χ1v) is 10.2. The maximum Gasteiger partial charge on any atom is 0.246 e. The van der Waals surface area contributed by atoms with Crippen LogP contribution in [0.2, 0.25) is 0 Å². The van der Waals surface area contributed by atoms with Crippen LogP contribution in [0.1, 0.15) is 30.4 Å². The highest BCUT2D eigenvalue weighted by atomic mass is 32.2. The Kier molecular flexibility index (Phi) is 5.53. The van der Waals surface area contributed by atoms with Crippen LogP contribution in [0.3, 0.4) is 0 Å². The van der Waals surface area contributed by atoms with Gasteiger partial charge >= 0.3 is 0 Å². The normalized spacial score (nSPS) is 18.0. The second kappa shape index (κ2) is 7.68. The van der Waals surface area contributed by atoms with Gasteiger partial charge in [0.05, 0.1) is 14.2 Å². The van der Waals surface area contributed by atoms with E-state index in [1.807, 2.05) is 37.3 Å². The van der Waals surface area contributed by atoms with Crippen LogP contribution >= 0.6 is 0 Å². The van der Waals surface area contributed by atoms with E-state index in [0.29, 0.717) is 18.8 Å². The molecule has 1 heterocycles. The van der Waals surface area contributed by atoms with Gasteiger partial charge in [0.15, 0.2) is 0 Å². The highest BCUT2D eigenvalue weighted by molar-refractivity contribution is 7.89. The summed E-state index contributed by atoms with van der Waals surface area (Å²) in [6.45, 7) is 3.00. The molecule has 26 heavy (non-hydrogen) atoms. The summed E-state index contributed by atoms with van der Waals surface area (Å²) < 4.78 is 38.4. The van der Waals surface area contributed by atoms with Crippen molar-refractivity contribution in [3.8, 4) is 11.5 Å². The zero-order valence-electron chi connectivity index (χ0n) is 15.4. The lowest BCUT2D eigenvalue weighted by molar-refractivity contribution is 0.398. The molecule has 3 rings (SSSR count). The van der Waals surface area contributed by atoms with Crippen molar-refractivity contribution < 1.29 is 17.9 Å². The third kappa shape index (κ3) is 3.57. The number of ether oxygens (including phenoxy) is 2. The van der Waals surface area contributed by atoms with Gasteiger partial charge in [0.25, 0.3) is 0 Å². The number of aryl methyl sites for hydroxylation is 1. The molecule has 1 atom stereocenters. The molecule has 1 fully saturated rings. The Hall–Kier alpha value is -2.05. The third-order valence-corrected chi connectivity index (χ3v) is 6.88. The van der Waals surface area contributed by atoms with E-state index in [1.165, 1.54) is 7.11 Å². The van der Waals surface area contributed by atoms with Crippen LogP contribution in [0.15, 0.2) is 47.4 Å². The van der Waals surface area contributed by atoms with Gasteiger partial charge in [0.2, 0.25) is 10.0 Å². The number of hydrogen-bond acceptors (Lipinski definition) is 4. The number of sulfonamides is 1. The van der Waals surface area contributed by atoms with Crippen LogP contribution in [0, 0.1) is 0 Å². The Morgan fingerprint density at radius 1 is 1.08 bits per heavy atom. The van der Waals surface area contributed by atoms with Gasteiger partial charge in [-0.15, -0.1) is 0 Å². The lowest BCUT2D eigenvalue weighted by Crippen LogP contribution is -2.29. The van der Waals surface area contributed by atoms with Gasteiger partial charge in [-0.05, 0) is 54.2 Å². The Morgan fingerprint density at radius 2 is 1.81 bits per heavy atom. The van der Waals surface area contributed by atoms with Crippen molar-refractivity contribution >= 4 is 10.0 Å².